The fourth-order valence-electron chi connectivity index (χ4n) is 2.21. The summed E-state index contributed by atoms with van der Waals surface area (Å²) in [6.07, 6.45) is 4.74. The number of ether oxygens (including phenoxy) is 1. The molecular weight excluding hydrogens is 266 g/mol. The van der Waals surface area contributed by atoms with Crippen LogP contribution in [0.3, 0.4) is 0 Å². The van der Waals surface area contributed by atoms with E-state index < -0.39 is 10.0 Å². The van der Waals surface area contributed by atoms with Crippen LogP contribution in [-0.4, -0.2) is 36.8 Å². The van der Waals surface area contributed by atoms with Crippen molar-refractivity contribution in [1.82, 2.24) is 9.97 Å². The van der Waals surface area contributed by atoms with Crippen molar-refractivity contribution in [1.29, 1.82) is 0 Å². The second-order valence-electron chi connectivity index (χ2n) is 5.17. The fraction of sp³-hybridized carbons (Fsp3) is 0.667. The van der Waals surface area contributed by atoms with E-state index in [4.69, 9.17) is 4.74 Å². The van der Waals surface area contributed by atoms with Gasteiger partial charge in [0.15, 0.2) is 0 Å². The highest BCUT2D eigenvalue weighted by molar-refractivity contribution is 7.93. The van der Waals surface area contributed by atoms with Crippen molar-refractivity contribution < 1.29 is 13.2 Å². The Labute approximate surface area is 112 Å². The molecule has 1 aliphatic heterocycles. The summed E-state index contributed by atoms with van der Waals surface area (Å²) < 4.78 is 31.5. The molecule has 0 amide bonds. The third kappa shape index (κ3) is 3.22. The lowest BCUT2D eigenvalue weighted by atomic mass is 10.0. The number of rotatable bonds is 5. The number of nitrogens with zero attached hydrogens (tertiary/aromatic N) is 2. The molecule has 1 aliphatic carbocycles. The highest BCUT2D eigenvalue weighted by atomic mass is 32.2. The first kappa shape index (κ1) is 12.8. The van der Waals surface area contributed by atoms with Gasteiger partial charge < -0.3 is 4.74 Å². The minimum atomic E-state index is -3.25. The number of sulfonamides is 1. The highest BCUT2D eigenvalue weighted by Gasteiger charge is 2.36. The Morgan fingerprint density at radius 3 is 2.84 bits per heavy atom. The summed E-state index contributed by atoms with van der Waals surface area (Å²) in [5.74, 6) is 0.846. The Balaban J connectivity index is 1.68. The van der Waals surface area contributed by atoms with E-state index in [2.05, 4.69) is 14.7 Å². The van der Waals surface area contributed by atoms with Gasteiger partial charge in [0.1, 0.15) is 12.1 Å². The van der Waals surface area contributed by atoms with E-state index in [-0.39, 0.29) is 5.25 Å². The first-order valence-electron chi connectivity index (χ1n) is 6.54. The van der Waals surface area contributed by atoms with E-state index in [1.807, 2.05) is 0 Å². The van der Waals surface area contributed by atoms with Crippen molar-refractivity contribution in [2.75, 3.05) is 17.9 Å². The molecule has 2 fully saturated rings. The summed E-state index contributed by atoms with van der Waals surface area (Å²) >= 11 is 0. The van der Waals surface area contributed by atoms with Gasteiger partial charge in [-0.1, -0.05) is 0 Å². The first-order chi connectivity index (χ1) is 9.13. The third-order valence-electron chi connectivity index (χ3n) is 3.46. The largest absolute Gasteiger partial charge is 0.381 e. The maximum atomic E-state index is 11.8. The standard InChI is InChI=1S/C12H17N3O3S/c16-19(17,11-1-2-11)15-12-6-10(13-8-14-12)5-9-3-4-18-7-9/h6,8-9,11H,1-5,7H2,(H,13,14,15)/t9-/m1/s1. The molecule has 3 rings (SSSR count). The smallest absolute Gasteiger partial charge is 0.236 e. The van der Waals surface area contributed by atoms with Crippen molar-refractivity contribution >= 4 is 15.8 Å². The predicted molar refractivity (Wildman–Crippen MR) is 70.2 cm³/mol. The van der Waals surface area contributed by atoms with E-state index >= 15 is 0 Å². The lowest BCUT2D eigenvalue weighted by Crippen LogP contribution is -2.18. The number of anilines is 1. The molecule has 1 atom stereocenters. The number of nitrogens with one attached hydrogen (secondary N) is 1. The van der Waals surface area contributed by atoms with Crippen molar-refractivity contribution in [3.63, 3.8) is 0 Å². The Morgan fingerprint density at radius 1 is 1.32 bits per heavy atom. The Morgan fingerprint density at radius 2 is 2.16 bits per heavy atom. The van der Waals surface area contributed by atoms with E-state index in [9.17, 15) is 8.42 Å². The topological polar surface area (TPSA) is 81.2 Å². The molecular formula is C12H17N3O3S. The molecule has 7 heteroatoms. The molecule has 6 nitrogen and oxygen atoms in total. The Bertz CT molecular complexity index is 551. The summed E-state index contributed by atoms with van der Waals surface area (Å²) in [6, 6.07) is 1.72. The zero-order valence-electron chi connectivity index (χ0n) is 10.6. The molecule has 0 spiro atoms. The monoisotopic (exact) mass is 283 g/mol. The van der Waals surface area contributed by atoms with Gasteiger partial charge >= 0.3 is 0 Å². The van der Waals surface area contributed by atoms with Crippen LogP contribution in [-0.2, 0) is 21.2 Å². The zero-order chi connectivity index (χ0) is 13.3. The molecule has 1 saturated heterocycles. The van der Waals surface area contributed by atoms with Crippen LogP contribution in [0.1, 0.15) is 25.0 Å². The number of aromatic nitrogens is 2. The van der Waals surface area contributed by atoms with Crippen LogP contribution in [0.4, 0.5) is 5.82 Å². The summed E-state index contributed by atoms with van der Waals surface area (Å²) in [5.41, 5.74) is 0.860. The van der Waals surface area contributed by atoms with Crippen molar-refractivity contribution in [2.24, 2.45) is 5.92 Å². The van der Waals surface area contributed by atoms with E-state index in [0.717, 1.165) is 44.6 Å². The molecule has 0 radical (unpaired) electrons. The fourth-order valence-corrected chi connectivity index (χ4v) is 3.54. The molecule has 2 aliphatic rings. The van der Waals surface area contributed by atoms with E-state index in [1.165, 1.54) is 6.33 Å². The summed E-state index contributed by atoms with van der Waals surface area (Å²) in [6.45, 7) is 1.56. The van der Waals surface area contributed by atoms with Crippen molar-refractivity contribution in [2.45, 2.75) is 30.9 Å². The van der Waals surface area contributed by atoms with Gasteiger partial charge in [-0.2, -0.15) is 0 Å². The second-order valence-corrected chi connectivity index (χ2v) is 7.14. The zero-order valence-corrected chi connectivity index (χ0v) is 11.4. The van der Waals surface area contributed by atoms with Crippen molar-refractivity contribution in [3.05, 3.63) is 18.1 Å². The molecule has 0 unspecified atom stereocenters. The van der Waals surface area contributed by atoms with Crippen LogP contribution in [0, 0.1) is 5.92 Å². The molecule has 1 aromatic rings. The van der Waals surface area contributed by atoms with Gasteiger partial charge in [-0.25, -0.2) is 18.4 Å². The van der Waals surface area contributed by atoms with Gasteiger partial charge in [0.25, 0.3) is 0 Å². The van der Waals surface area contributed by atoms with Crippen LogP contribution in [0.2, 0.25) is 0 Å². The normalized spacial score (nSPS) is 23.5. The van der Waals surface area contributed by atoms with Gasteiger partial charge in [0.05, 0.1) is 5.25 Å². The van der Waals surface area contributed by atoms with Crippen LogP contribution in [0.25, 0.3) is 0 Å². The molecule has 0 bridgehead atoms. The van der Waals surface area contributed by atoms with E-state index in [0.29, 0.717) is 11.7 Å². The molecule has 19 heavy (non-hydrogen) atoms. The Hall–Kier alpha value is -1.21. The van der Waals surface area contributed by atoms with Gasteiger partial charge in [0, 0.05) is 25.0 Å². The lowest BCUT2D eigenvalue weighted by molar-refractivity contribution is 0.185. The van der Waals surface area contributed by atoms with Crippen LogP contribution in [0.5, 0.6) is 0 Å². The second kappa shape index (κ2) is 5.05. The number of hydrogen-bond donors (Lipinski definition) is 1. The molecule has 1 saturated carbocycles. The van der Waals surface area contributed by atoms with E-state index in [1.54, 1.807) is 6.07 Å². The molecule has 2 heterocycles. The maximum Gasteiger partial charge on any atom is 0.236 e. The highest BCUT2D eigenvalue weighted by Crippen LogP contribution is 2.29. The molecule has 1 N–H and O–H groups in total. The minimum Gasteiger partial charge on any atom is -0.381 e. The third-order valence-corrected chi connectivity index (χ3v) is 5.30. The maximum absolute atomic E-state index is 11.8. The molecule has 104 valence electrons. The van der Waals surface area contributed by atoms with Crippen LogP contribution < -0.4 is 4.72 Å². The minimum absolute atomic E-state index is 0.242. The predicted octanol–water partition coefficient (Wildman–Crippen LogP) is 0.960. The lowest BCUT2D eigenvalue weighted by Gasteiger charge is -2.09. The average Bonchev–Trinajstić information content (AvgIpc) is 3.11. The van der Waals surface area contributed by atoms with Crippen LogP contribution >= 0.6 is 0 Å². The summed E-state index contributed by atoms with van der Waals surface area (Å²) in [5, 5.41) is -0.242. The van der Waals surface area contributed by atoms with Crippen molar-refractivity contribution in [3.8, 4) is 0 Å². The number of hydrogen-bond acceptors (Lipinski definition) is 5. The summed E-state index contributed by atoms with van der Waals surface area (Å²) in [4.78, 5) is 8.17. The SMILES string of the molecule is O=S(=O)(Nc1cc(C[C@H]2CCOC2)ncn1)C1CC1. The Kier molecular flexibility index (Phi) is 3.40. The average molecular weight is 283 g/mol. The van der Waals surface area contributed by atoms with Crippen LogP contribution in [0.15, 0.2) is 12.4 Å². The van der Waals surface area contributed by atoms with Gasteiger partial charge in [-0.05, 0) is 31.6 Å². The van der Waals surface area contributed by atoms with Gasteiger partial charge in [-0.15, -0.1) is 0 Å². The molecule has 1 aromatic heterocycles. The quantitative estimate of drug-likeness (QED) is 0.870. The first-order valence-corrected chi connectivity index (χ1v) is 8.08. The molecule has 0 aromatic carbocycles. The van der Waals surface area contributed by atoms with Gasteiger partial charge in [-0.3, -0.25) is 4.72 Å². The summed E-state index contributed by atoms with van der Waals surface area (Å²) in [7, 11) is -3.25. The van der Waals surface area contributed by atoms with Gasteiger partial charge in [0.2, 0.25) is 10.0 Å².